The summed E-state index contributed by atoms with van der Waals surface area (Å²) in [5.41, 5.74) is 5.16. The van der Waals surface area contributed by atoms with Gasteiger partial charge in [0, 0.05) is 12.6 Å². The molecule has 0 bridgehead atoms. The van der Waals surface area contributed by atoms with E-state index in [4.69, 9.17) is 10.8 Å². The Morgan fingerprint density at radius 2 is 2.00 bits per heavy atom. The fraction of sp³-hybridized carbons (Fsp3) is 0.800. The lowest BCUT2D eigenvalue weighted by atomic mass is 10.0. The largest absolute Gasteiger partial charge is 0.481 e. The molecule has 4 N–H and O–H groups in total. The van der Waals surface area contributed by atoms with Crippen LogP contribution in [-0.4, -0.2) is 54.1 Å². The highest BCUT2D eigenvalue weighted by Gasteiger charge is 2.22. The Morgan fingerprint density at radius 3 is 2.50 bits per heavy atom. The maximum absolute atomic E-state index is 10.9. The molecule has 92 valence electrons. The van der Waals surface area contributed by atoms with Gasteiger partial charge in [0.1, 0.15) is 0 Å². The summed E-state index contributed by atoms with van der Waals surface area (Å²) in [7, 11) is 0. The van der Waals surface area contributed by atoms with E-state index < -0.39 is 11.9 Å². The molecule has 16 heavy (non-hydrogen) atoms. The molecule has 1 heterocycles. The van der Waals surface area contributed by atoms with Crippen LogP contribution in [0.4, 0.5) is 0 Å². The van der Waals surface area contributed by atoms with Gasteiger partial charge in [-0.1, -0.05) is 0 Å². The first-order valence-corrected chi connectivity index (χ1v) is 5.54. The minimum Gasteiger partial charge on any atom is -0.481 e. The first-order valence-electron chi connectivity index (χ1n) is 5.54. The number of hydrogen-bond donors (Lipinski definition) is 3. The quantitative estimate of drug-likeness (QED) is 0.543. The summed E-state index contributed by atoms with van der Waals surface area (Å²) in [6.45, 7) is 2.36. The van der Waals surface area contributed by atoms with E-state index in [1.54, 1.807) is 0 Å². The Kier molecular flexibility index (Phi) is 5.21. The average Bonchev–Trinajstić information content (AvgIpc) is 2.25. The number of hydrogen-bond acceptors (Lipinski definition) is 4. The second kappa shape index (κ2) is 6.44. The smallest absolute Gasteiger partial charge is 0.304 e. The number of rotatable bonds is 6. The monoisotopic (exact) mass is 229 g/mol. The van der Waals surface area contributed by atoms with E-state index in [2.05, 4.69) is 5.32 Å². The SMILES string of the molecule is NC(=O)CN(CCC(=O)O)C1CCNCC1. The summed E-state index contributed by atoms with van der Waals surface area (Å²) in [6.07, 6.45) is 1.93. The van der Waals surface area contributed by atoms with Crippen LogP contribution < -0.4 is 11.1 Å². The zero-order valence-electron chi connectivity index (χ0n) is 9.32. The van der Waals surface area contributed by atoms with E-state index >= 15 is 0 Å². The van der Waals surface area contributed by atoms with Gasteiger partial charge in [-0.25, -0.2) is 0 Å². The molecule has 1 saturated heterocycles. The van der Waals surface area contributed by atoms with Gasteiger partial charge in [0.15, 0.2) is 0 Å². The topological polar surface area (TPSA) is 95.7 Å². The Labute approximate surface area is 94.8 Å². The van der Waals surface area contributed by atoms with Crippen molar-refractivity contribution in [3.8, 4) is 0 Å². The van der Waals surface area contributed by atoms with Crippen LogP contribution in [0.25, 0.3) is 0 Å². The summed E-state index contributed by atoms with van der Waals surface area (Å²) < 4.78 is 0. The molecule has 1 amide bonds. The fourth-order valence-corrected chi connectivity index (χ4v) is 2.00. The summed E-state index contributed by atoms with van der Waals surface area (Å²) in [5.74, 6) is -1.24. The van der Waals surface area contributed by atoms with Gasteiger partial charge in [0.25, 0.3) is 0 Å². The summed E-state index contributed by atoms with van der Waals surface area (Å²) in [6, 6.07) is 0.271. The van der Waals surface area contributed by atoms with Gasteiger partial charge in [-0.15, -0.1) is 0 Å². The van der Waals surface area contributed by atoms with Crippen LogP contribution in [0, 0.1) is 0 Å². The third-order valence-corrected chi connectivity index (χ3v) is 2.80. The minimum absolute atomic E-state index is 0.0528. The molecule has 0 aliphatic carbocycles. The number of carbonyl (C=O) groups excluding carboxylic acids is 1. The van der Waals surface area contributed by atoms with Crippen molar-refractivity contribution >= 4 is 11.9 Å². The number of primary amides is 1. The maximum atomic E-state index is 10.9. The molecule has 0 radical (unpaired) electrons. The normalized spacial score (nSPS) is 17.6. The van der Waals surface area contributed by atoms with Crippen molar-refractivity contribution in [2.24, 2.45) is 5.73 Å². The Hall–Kier alpha value is -1.14. The minimum atomic E-state index is -0.844. The summed E-state index contributed by atoms with van der Waals surface area (Å²) >= 11 is 0. The van der Waals surface area contributed by atoms with E-state index in [1.807, 2.05) is 4.90 Å². The van der Waals surface area contributed by atoms with Crippen molar-refractivity contribution in [2.75, 3.05) is 26.2 Å². The molecule has 1 fully saturated rings. The van der Waals surface area contributed by atoms with Crippen molar-refractivity contribution < 1.29 is 14.7 Å². The van der Waals surface area contributed by atoms with E-state index in [0.29, 0.717) is 6.54 Å². The number of nitrogens with two attached hydrogens (primary N) is 1. The van der Waals surface area contributed by atoms with E-state index in [0.717, 1.165) is 25.9 Å². The lowest BCUT2D eigenvalue weighted by molar-refractivity contribution is -0.138. The Balaban J connectivity index is 2.47. The molecular formula is C10H19N3O3. The molecule has 0 aromatic carbocycles. The molecule has 0 saturated carbocycles. The molecule has 1 aliphatic rings. The molecule has 0 aromatic rings. The highest BCUT2D eigenvalue weighted by Crippen LogP contribution is 2.11. The Bertz CT molecular complexity index is 252. The maximum Gasteiger partial charge on any atom is 0.304 e. The van der Waals surface area contributed by atoms with Gasteiger partial charge in [0.2, 0.25) is 5.91 Å². The molecule has 0 spiro atoms. The summed E-state index contributed by atoms with van der Waals surface area (Å²) in [4.78, 5) is 23.3. The van der Waals surface area contributed by atoms with Gasteiger partial charge in [-0.2, -0.15) is 0 Å². The van der Waals surface area contributed by atoms with Gasteiger partial charge < -0.3 is 16.2 Å². The van der Waals surface area contributed by atoms with Crippen molar-refractivity contribution in [2.45, 2.75) is 25.3 Å². The molecule has 0 atom stereocenters. The lowest BCUT2D eigenvalue weighted by Crippen LogP contribution is -2.47. The van der Waals surface area contributed by atoms with Gasteiger partial charge in [0.05, 0.1) is 13.0 Å². The van der Waals surface area contributed by atoms with Crippen molar-refractivity contribution in [3.63, 3.8) is 0 Å². The molecular weight excluding hydrogens is 210 g/mol. The van der Waals surface area contributed by atoms with Crippen molar-refractivity contribution in [3.05, 3.63) is 0 Å². The van der Waals surface area contributed by atoms with Gasteiger partial charge in [-0.05, 0) is 25.9 Å². The van der Waals surface area contributed by atoms with Crippen LogP contribution in [0.1, 0.15) is 19.3 Å². The van der Waals surface area contributed by atoms with Gasteiger partial charge in [-0.3, -0.25) is 14.5 Å². The van der Waals surface area contributed by atoms with Crippen LogP contribution in [0.5, 0.6) is 0 Å². The van der Waals surface area contributed by atoms with Gasteiger partial charge >= 0.3 is 5.97 Å². The first kappa shape index (κ1) is 12.9. The zero-order chi connectivity index (χ0) is 12.0. The van der Waals surface area contributed by atoms with Crippen molar-refractivity contribution in [1.29, 1.82) is 0 Å². The predicted octanol–water partition coefficient (Wildman–Crippen LogP) is -1.000. The number of aliphatic carboxylic acids is 1. The third-order valence-electron chi connectivity index (χ3n) is 2.80. The number of piperidine rings is 1. The zero-order valence-corrected chi connectivity index (χ0v) is 9.32. The second-order valence-electron chi connectivity index (χ2n) is 4.06. The van der Waals surface area contributed by atoms with Crippen molar-refractivity contribution in [1.82, 2.24) is 10.2 Å². The number of carboxylic acid groups (broad SMARTS) is 1. The van der Waals surface area contributed by atoms with Crippen LogP contribution in [0.2, 0.25) is 0 Å². The lowest BCUT2D eigenvalue weighted by Gasteiger charge is -2.33. The molecule has 0 aromatic heterocycles. The third kappa shape index (κ3) is 4.59. The van der Waals surface area contributed by atoms with Crippen LogP contribution in [0.3, 0.4) is 0 Å². The molecule has 1 aliphatic heterocycles. The van der Waals surface area contributed by atoms with E-state index in [-0.39, 0.29) is 19.0 Å². The number of nitrogens with zero attached hydrogens (tertiary/aromatic N) is 1. The number of carboxylic acids is 1. The highest BCUT2D eigenvalue weighted by atomic mass is 16.4. The van der Waals surface area contributed by atoms with Crippen LogP contribution >= 0.6 is 0 Å². The first-order chi connectivity index (χ1) is 7.59. The molecule has 1 rings (SSSR count). The average molecular weight is 229 g/mol. The number of carbonyl (C=O) groups is 2. The highest BCUT2D eigenvalue weighted by molar-refractivity contribution is 5.76. The van der Waals surface area contributed by atoms with Crippen LogP contribution in [-0.2, 0) is 9.59 Å². The predicted molar refractivity (Wildman–Crippen MR) is 58.9 cm³/mol. The van der Waals surface area contributed by atoms with E-state index in [9.17, 15) is 9.59 Å². The van der Waals surface area contributed by atoms with E-state index in [1.165, 1.54) is 0 Å². The summed E-state index contributed by atoms with van der Waals surface area (Å²) in [5, 5.41) is 11.9. The number of nitrogens with one attached hydrogen (secondary N) is 1. The van der Waals surface area contributed by atoms with Crippen LogP contribution in [0.15, 0.2) is 0 Å². The fourth-order valence-electron chi connectivity index (χ4n) is 2.00. The molecule has 6 nitrogen and oxygen atoms in total. The molecule has 6 heteroatoms. The Morgan fingerprint density at radius 1 is 1.38 bits per heavy atom. The standard InChI is InChI=1S/C10H19N3O3/c11-9(14)7-13(6-3-10(15)16)8-1-4-12-5-2-8/h8,12H,1-7H2,(H2,11,14)(H,15,16). The second-order valence-corrected chi connectivity index (χ2v) is 4.06. The molecule has 0 unspecified atom stereocenters. The number of amides is 1.